The summed E-state index contributed by atoms with van der Waals surface area (Å²) < 4.78 is 1.64. The van der Waals surface area contributed by atoms with Crippen LogP contribution in [0.15, 0.2) is 85.3 Å². The van der Waals surface area contributed by atoms with Gasteiger partial charge in [0.25, 0.3) is 0 Å². The van der Waals surface area contributed by atoms with Gasteiger partial charge in [-0.1, -0.05) is 67.1 Å². The minimum atomic E-state index is -0.754. The first-order chi connectivity index (χ1) is 17.8. The minimum absolute atomic E-state index is 0.172. The summed E-state index contributed by atoms with van der Waals surface area (Å²) in [5.74, 6) is 0.539. The van der Waals surface area contributed by atoms with Crippen molar-refractivity contribution in [2.45, 2.75) is 45.3 Å². The van der Waals surface area contributed by atoms with Crippen molar-refractivity contribution >= 4 is 11.7 Å². The highest BCUT2D eigenvalue weighted by Gasteiger charge is 2.26. The number of aryl methyl sites for hydroxylation is 1. The summed E-state index contributed by atoms with van der Waals surface area (Å²) in [5, 5.41) is 10.7. The molecule has 0 spiro atoms. The third kappa shape index (κ3) is 6.29. The Kier molecular flexibility index (Phi) is 7.80. The van der Waals surface area contributed by atoms with E-state index in [0.29, 0.717) is 12.4 Å². The van der Waals surface area contributed by atoms with Crippen molar-refractivity contribution in [3.63, 3.8) is 0 Å². The van der Waals surface area contributed by atoms with Crippen molar-refractivity contribution in [2.75, 3.05) is 11.9 Å². The second kappa shape index (κ2) is 11.2. The predicted molar refractivity (Wildman–Crippen MR) is 147 cm³/mol. The van der Waals surface area contributed by atoms with Crippen LogP contribution in [-0.4, -0.2) is 27.2 Å². The molecule has 188 valence electrons. The summed E-state index contributed by atoms with van der Waals surface area (Å²) in [4.78, 5) is 21.4. The molecule has 0 aliphatic heterocycles. The lowest BCUT2D eigenvalue weighted by Crippen LogP contribution is -2.35. The predicted octanol–water partition coefficient (Wildman–Crippen LogP) is 5.94. The number of pyridine rings is 1. The van der Waals surface area contributed by atoms with Gasteiger partial charge >= 0.3 is 5.66 Å². The van der Waals surface area contributed by atoms with Gasteiger partial charge in [0.05, 0.1) is 6.20 Å². The van der Waals surface area contributed by atoms with Crippen molar-refractivity contribution in [2.24, 2.45) is 0 Å². The molecule has 7 nitrogen and oxygen atoms in total. The number of hydrogen-bond donors (Lipinski definition) is 2. The molecule has 2 aromatic heterocycles. The summed E-state index contributed by atoms with van der Waals surface area (Å²) in [6.45, 7) is 15.9. The van der Waals surface area contributed by atoms with Crippen LogP contribution in [0.4, 0.5) is 5.82 Å². The lowest BCUT2D eigenvalue weighted by molar-refractivity contribution is -0.118. The Bertz CT molecular complexity index is 1370. The average molecular weight is 493 g/mol. The molecule has 0 unspecified atom stereocenters. The summed E-state index contributed by atoms with van der Waals surface area (Å²) in [6, 6.07) is 21.3. The van der Waals surface area contributed by atoms with Crippen molar-refractivity contribution < 1.29 is 4.79 Å². The molecule has 2 atom stereocenters. The van der Waals surface area contributed by atoms with Gasteiger partial charge in [0.1, 0.15) is 11.9 Å². The van der Waals surface area contributed by atoms with Crippen molar-refractivity contribution in [1.82, 2.24) is 20.1 Å². The molecule has 0 bridgehead atoms. The average Bonchev–Trinajstić information content (AvgIpc) is 3.42. The fourth-order valence-corrected chi connectivity index (χ4v) is 3.97. The maximum atomic E-state index is 13.4. The fourth-order valence-electron chi connectivity index (χ4n) is 3.97. The molecule has 1 amide bonds. The lowest BCUT2D eigenvalue weighted by atomic mass is 9.98. The molecule has 4 rings (SSSR count). The molecular weight excluding hydrogens is 460 g/mol. The van der Waals surface area contributed by atoms with Gasteiger partial charge < -0.3 is 10.6 Å². The Labute approximate surface area is 218 Å². The number of anilines is 1. The van der Waals surface area contributed by atoms with E-state index in [1.807, 2.05) is 56.4 Å². The number of hydrogen-bond acceptors (Lipinski definition) is 4. The van der Waals surface area contributed by atoms with Crippen molar-refractivity contribution in [1.29, 1.82) is 0 Å². The van der Waals surface area contributed by atoms with E-state index in [4.69, 9.17) is 6.57 Å². The van der Waals surface area contributed by atoms with Gasteiger partial charge in [0, 0.05) is 43.9 Å². The standard InChI is InChI=1S/C30H32N6O/c1-21-11-13-23(14-12-21)22(2)17-33-28(24-9-7-6-8-10-24)29(37)35-27-16-15-25(18-32-27)26-19-34-36(20-26)30(3,4)31-5/h6-16,18-20,22,28,33H,17H2,1-4H3,(H,32,35,37)/t22-,28-/m1/s1. The van der Waals surface area contributed by atoms with Gasteiger partial charge in [-0.3, -0.25) is 9.64 Å². The number of amides is 1. The number of nitrogens with zero attached hydrogens (tertiary/aromatic N) is 4. The smallest absolute Gasteiger partial charge is 0.309 e. The molecule has 0 fully saturated rings. The third-order valence-corrected chi connectivity index (χ3v) is 6.43. The second-order valence-electron chi connectivity index (χ2n) is 9.76. The van der Waals surface area contributed by atoms with Crippen LogP contribution in [-0.2, 0) is 10.5 Å². The van der Waals surface area contributed by atoms with Crippen LogP contribution < -0.4 is 10.6 Å². The highest BCUT2D eigenvalue weighted by atomic mass is 16.2. The minimum Gasteiger partial charge on any atom is -0.309 e. The Balaban J connectivity index is 1.46. The first-order valence-electron chi connectivity index (χ1n) is 12.3. The monoisotopic (exact) mass is 492 g/mol. The second-order valence-corrected chi connectivity index (χ2v) is 9.76. The largest absolute Gasteiger partial charge is 0.319 e. The van der Waals surface area contributed by atoms with E-state index in [2.05, 4.69) is 63.7 Å². The van der Waals surface area contributed by atoms with E-state index in [-0.39, 0.29) is 11.8 Å². The fraction of sp³-hybridized carbons (Fsp3) is 0.267. The van der Waals surface area contributed by atoms with Crippen LogP contribution in [0.3, 0.4) is 0 Å². The topological polar surface area (TPSA) is 76.2 Å². The van der Waals surface area contributed by atoms with E-state index in [1.165, 1.54) is 11.1 Å². The maximum Gasteiger partial charge on any atom is 0.319 e. The van der Waals surface area contributed by atoms with Gasteiger partial charge in [0.2, 0.25) is 5.91 Å². The van der Waals surface area contributed by atoms with Crippen LogP contribution in [0.1, 0.15) is 49.4 Å². The van der Waals surface area contributed by atoms with Gasteiger partial charge in [-0.25, -0.2) is 11.6 Å². The summed E-state index contributed by atoms with van der Waals surface area (Å²) in [7, 11) is 0. The van der Waals surface area contributed by atoms with Gasteiger partial charge in [-0.15, -0.1) is 0 Å². The van der Waals surface area contributed by atoms with Crippen molar-refractivity contribution in [3.05, 3.63) is 113 Å². The van der Waals surface area contributed by atoms with Crippen LogP contribution in [0.2, 0.25) is 0 Å². The van der Waals surface area contributed by atoms with E-state index in [1.54, 1.807) is 23.1 Å². The number of carbonyl (C=O) groups is 1. The number of benzene rings is 2. The third-order valence-electron chi connectivity index (χ3n) is 6.43. The van der Waals surface area contributed by atoms with E-state index in [9.17, 15) is 4.79 Å². The van der Waals surface area contributed by atoms with Crippen LogP contribution in [0.25, 0.3) is 16.0 Å². The molecule has 0 radical (unpaired) electrons. The summed E-state index contributed by atoms with van der Waals surface area (Å²) in [5.41, 5.74) is 4.31. The van der Waals surface area contributed by atoms with Crippen molar-refractivity contribution in [3.8, 4) is 11.1 Å². The normalized spacial score (nSPS) is 12.9. The molecule has 0 aliphatic carbocycles. The maximum absolute atomic E-state index is 13.4. The Morgan fingerprint density at radius 3 is 2.38 bits per heavy atom. The quantitative estimate of drug-likeness (QED) is 0.284. The number of nitrogens with one attached hydrogen (secondary N) is 2. The molecule has 0 saturated heterocycles. The van der Waals surface area contributed by atoms with E-state index < -0.39 is 11.7 Å². The zero-order valence-corrected chi connectivity index (χ0v) is 21.6. The molecule has 2 heterocycles. The number of aromatic nitrogens is 3. The van der Waals surface area contributed by atoms with Gasteiger partial charge in [-0.2, -0.15) is 9.78 Å². The molecule has 4 aromatic rings. The van der Waals surface area contributed by atoms with Crippen LogP contribution in [0, 0.1) is 13.5 Å². The molecule has 37 heavy (non-hydrogen) atoms. The molecular formula is C30H32N6O. The number of rotatable bonds is 9. The summed E-state index contributed by atoms with van der Waals surface area (Å²) >= 11 is 0. The molecule has 2 N–H and O–H groups in total. The molecule has 2 aromatic carbocycles. The van der Waals surface area contributed by atoms with Crippen LogP contribution in [0.5, 0.6) is 0 Å². The zero-order chi connectivity index (χ0) is 26.4. The highest BCUT2D eigenvalue weighted by Crippen LogP contribution is 2.24. The lowest BCUT2D eigenvalue weighted by Gasteiger charge is -2.21. The highest BCUT2D eigenvalue weighted by molar-refractivity contribution is 5.95. The number of carbonyl (C=O) groups excluding carboxylic acids is 1. The Morgan fingerprint density at radius 2 is 1.73 bits per heavy atom. The van der Waals surface area contributed by atoms with E-state index >= 15 is 0 Å². The SMILES string of the molecule is [C-]#[N+]C(C)(C)n1cc(-c2ccc(NC(=O)[C@H](NC[C@@H](C)c3ccc(C)cc3)c3ccccc3)nc2)cn1. The van der Waals surface area contributed by atoms with E-state index in [0.717, 1.165) is 16.7 Å². The van der Waals surface area contributed by atoms with Gasteiger partial charge in [0.15, 0.2) is 0 Å². The zero-order valence-electron chi connectivity index (χ0n) is 21.6. The Morgan fingerprint density at radius 1 is 1.00 bits per heavy atom. The first kappa shape index (κ1) is 25.8. The molecule has 0 saturated carbocycles. The van der Waals surface area contributed by atoms with Gasteiger partial charge in [-0.05, 0) is 36.1 Å². The Hall–Kier alpha value is -4.28. The van der Waals surface area contributed by atoms with Crippen LogP contribution >= 0.6 is 0 Å². The first-order valence-corrected chi connectivity index (χ1v) is 12.3. The molecule has 0 aliphatic rings. The molecule has 7 heteroatoms. The summed E-state index contributed by atoms with van der Waals surface area (Å²) in [6.07, 6.45) is 5.25.